The molecule has 0 saturated carbocycles. The quantitative estimate of drug-likeness (QED) is 0.481. The molecule has 0 fully saturated rings. The van der Waals surface area contributed by atoms with E-state index < -0.39 is 10.0 Å². The summed E-state index contributed by atoms with van der Waals surface area (Å²) in [4.78, 5) is 4.25. The lowest BCUT2D eigenvalue weighted by Gasteiger charge is -2.24. The lowest BCUT2D eigenvalue weighted by atomic mass is 10.2. The molecule has 1 heterocycles. The Hall–Kier alpha value is -3.06. The Balaban J connectivity index is 1.84. The molecule has 158 valence electrons. The zero-order valence-electron chi connectivity index (χ0n) is 17.4. The van der Waals surface area contributed by atoms with E-state index in [1.807, 2.05) is 44.2 Å². The third-order valence-corrected chi connectivity index (χ3v) is 6.04. The predicted octanol–water partition coefficient (Wildman–Crippen LogP) is 5.02. The summed E-state index contributed by atoms with van der Waals surface area (Å²) in [6, 6.07) is 19.9. The van der Waals surface area contributed by atoms with Crippen LogP contribution in [0.3, 0.4) is 0 Å². The summed E-state index contributed by atoms with van der Waals surface area (Å²) in [5.41, 5.74) is 1.23. The topological polar surface area (TPSA) is 68.7 Å². The predicted molar refractivity (Wildman–Crippen MR) is 119 cm³/mol. The first-order valence-electron chi connectivity index (χ1n) is 9.83. The molecule has 6 nitrogen and oxygen atoms in total. The van der Waals surface area contributed by atoms with Crippen molar-refractivity contribution in [2.24, 2.45) is 0 Å². The summed E-state index contributed by atoms with van der Waals surface area (Å²) >= 11 is 0. The Bertz CT molecular complexity index is 1050. The normalized spacial score (nSPS) is 11.3. The van der Waals surface area contributed by atoms with Crippen molar-refractivity contribution < 1.29 is 17.9 Å². The van der Waals surface area contributed by atoms with Crippen LogP contribution in [0.5, 0.6) is 17.2 Å². The van der Waals surface area contributed by atoms with Gasteiger partial charge in [-0.2, -0.15) is 0 Å². The van der Waals surface area contributed by atoms with Crippen LogP contribution < -0.4 is 13.8 Å². The smallest absolute Gasteiger partial charge is 0.235 e. The van der Waals surface area contributed by atoms with Gasteiger partial charge < -0.3 is 9.47 Å². The van der Waals surface area contributed by atoms with Gasteiger partial charge in [0.05, 0.1) is 29.8 Å². The SMILES string of the molecule is CCS(=O)(=O)N(Cc1ccccn1)c1ccc(Oc2ccccc2OC(C)C)cc1. The summed E-state index contributed by atoms with van der Waals surface area (Å²) in [7, 11) is -3.47. The van der Waals surface area contributed by atoms with Crippen molar-refractivity contribution in [1.82, 2.24) is 4.98 Å². The molecular formula is C23H26N2O4S. The third-order valence-electron chi connectivity index (χ3n) is 4.30. The van der Waals surface area contributed by atoms with Crippen LogP contribution in [0.2, 0.25) is 0 Å². The van der Waals surface area contributed by atoms with Crippen molar-refractivity contribution in [3.05, 3.63) is 78.6 Å². The molecule has 3 aromatic rings. The number of aromatic nitrogens is 1. The second-order valence-electron chi connectivity index (χ2n) is 6.94. The van der Waals surface area contributed by atoms with Crippen LogP contribution in [0.4, 0.5) is 5.69 Å². The lowest BCUT2D eigenvalue weighted by Crippen LogP contribution is -2.32. The van der Waals surface area contributed by atoms with Crippen LogP contribution >= 0.6 is 0 Å². The minimum Gasteiger partial charge on any atom is -0.487 e. The van der Waals surface area contributed by atoms with Crippen LogP contribution in [0.25, 0.3) is 0 Å². The van der Waals surface area contributed by atoms with Gasteiger partial charge in [0, 0.05) is 6.20 Å². The fourth-order valence-corrected chi connectivity index (χ4v) is 3.92. The maximum Gasteiger partial charge on any atom is 0.235 e. The average molecular weight is 427 g/mol. The van der Waals surface area contributed by atoms with Crippen LogP contribution in [-0.4, -0.2) is 25.3 Å². The van der Waals surface area contributed by atoms with Gasteiger partial charge in [-0.1, -0.05) is 18.2 Å². The minimum absolute atomic E-state index is 0.00198. The number of hydrogen-bond donors (Lipinski definition) is 0. The number of nitrogens with zero attached hydrogens (tertiary/aromatic N) is 2. The number of pyridine rings is 1. The van der Waals surface area contributed by atoms with Gasteiger partial charge in [0.2, 0.25) is 10.0 Å². The first-order valence-corrected chi connectivity index (χ1v) is 11.4. The standard InChI is InChI=1S/C23H26N2O4S/c1-4-30(26,27)25(17-19-9-7-8-16-24-19)20-12-14-21(15-13-20)29-23-11-6-5-10-22(23)28-18(2)3/h5-16,18H,4,17H2,1-3H3. The molecule has 0 aliphatic carbocycles. The maximum absolute atomic E-state index is 12.7. The summed E-state index contributed by atoms with van der Waals surface area (Å²) in [5.74, 6) is 1.84. The third kappa shape index (κ3) is 5.51. The van der Waals surface area contributed by atoms with Gasteiger partial charge in [-0.15, -0.1) is 0 Å². The zero-order chi connectivity index (χ0) is 21.6. The van der Waals surface area contributed by atoms with E-state index in [0.29, 0.717) is 28.6 Å². The van der Waals surface area contributed by atoms with Crippen molar-refractivity contribution >= 4 is 15.7 Å². The molecule has 7 heteroatoms. The molecule has 0 spiro atoms. The number of benzene rings is 2. The first-order chi connectivity index (χ1) is 14.4. The second kappa shape index (κ2) is 9.63. The highest BCUT2D eigenvalue weighted by atomic mass is 32.2. The van der Waals surface area contributed by atoms with E-state index in [1.54, 1.807) is 49.5 Å². The molecule has 0 aliphatic heterocycles. The van der Waals surface area contributed by atoms with E-state index in [1.165, 1.54) is 4.31 Å². The van der Waals surface area contributed by atoms with Crippen molar-refractivity contribution in [1.29, 1.82) is 0 Å². The van der Waals surface area contributed by atoms with Gasteiger partial charge in [0.25, 0.3) is 0 Å². The van der Waals surface area contributed by atoms with Crippen molar-refractivity contribution in [2.75, 3.05) is 10.1 Å². The number of rotatable bonds is 9. The van der Waals surface area contributed by atoms with Crippen LogP contribution in [-0.2, 0) is 16.6 Å². The monoisotopic (exact) mass is 426 g/mol. The highest BCUT2D eigenvalue weighted by Gasteiger charge is 2.21. The van der Waals surface area contributed by atoms with Crippen molar-refractivity contribution in [3.63, 3.8) is 0 Å². The van der Waals surface area contributed by atoms with E-state index in [4.69, 9.17) is 9.47 Å². The minimum atomic E-state index is -3.47. The summed E-state index contributed by atoms with van der Waals surface area (Å²) in [6.45, 7) is 5.71. The molecule has 0 unspecified atom stereocenters. The molecule has 3 rings (SSSR count). The molecule has 30 heavy (non-hydrogen) atoms. The molecule has 0 atom stereocenters. The summed E-state index contributed by atoms with van der Waals surface area (Å²) in [5, 5.41) is 0. The molecular weight excluding hydrogens is 400 g/mol. The van der Waals surface area contributed by atoms with E-state index in [0.717, 1.165) is 0 Å². The second-order valence-corrected chi connectivity index (χ2v) is 9.12. The average Bonchev–Trinajstić information content (AvgIpc) is 2.74. The summed E-state index contributed by atoms with van der Waals surface area (Å²) in [6.07, 6.45) is 1.68. The molecule has 2 aromatic carbocycles. The van der Waals surface area contributed by atoms with Crippen LogP contribution in [0, 0.1) is 0 Å². The van der Waals surface area contributed by atoms with E-state index >= 15 is 0 Å². The van der Waals surface area contributed by atoms with Gasteiger partial charge in [0.15, 0.2) is 11.5 Å². The Morgan fingerprint density at radius 1 is 0.933 bits per heavy atom. The zero-order valence-corrected chi connectivity index (χ0v) is 18.2. The highest BCUT2D eigenvalue weighted by molar-refractivity contribution is 7.92. The Morgan fingerprint density at radius 2 is 1.60 bits per heavy atom. The van der Waals surface area contributed by atoms with E-state index in [-0.39, 0.29) is 18.4 Å². The summed E-state index contributed by atoms with van der Waals surface area (Å²) < 4.78 is 38.5. The molecule has 0 bridgehead atoms. The fraction of sp³-hybridized carbons (Fsp3) is 0.261. The number of para-hydroxylation sites is 2. The molecule has 0 amide bonds. The maximum atomic E-state index is 12.7. The van der Waals surface area contributed by atoms with Crippen molar-refractivity contribution in [3.8, 4) is 17.2 Å². The number of hydrogen-bond acceptors (Lipinski definition) is 5. The molecule has 0 radical (unpaired) electrons. The van der Waals surface area contributed by atoms with Gasteiger partial charge in [-0.05, 0) is 69.3 Å². The van der Waals surface area contributed by atoms with Gasteiger partial charge in [-0.3, -0.25) is 9.29 Å². The Morgan fingerprint density at radius 3 is 2.20 bits per heavy atom. The fourth-order valence-electron chi connectivity index (χ4n) is 2.84. The largest absolute Gasteiger partial charge is 0.487 e. The van der Waals surface area contributed by atoms with E-state index in [2.05, 4.69) is 4.98 Å². The van der Waals surface area contributed by atoms with Gasteiger partial charge in [0.1, 0.15) is 5.75 Å². The molecule has 0 aliphatic rings. The van der Waals surface area contributed by atoms with Crippen LogP contribution in [0.1, 0.15) is 26.5 Å². The molecule has 0 saturated heterocycles. The number of sulfonamides is 1. The Kier molecular flexibility index (Phi) is 6.95. The molecule has 1 aromatic heterocycles. The van der Waals surface area contributed by atoms with Gasteiger partial charge >= 0.3 is 0 Å². The lowest BCUT2D eigenvalue weighted by molar-refractivity contribution is 0.233. The van der Waals surface area contributed by atoms with E-state index in [9.17, 15) is 8.42 Å². The van der Waals surface area contributed by atoms with Crippen molar-refractivity contribution in [2.45, 2.75) is 33.4 Å². The van der Waals surface area contributed by atoms with Gasteiger partial charge in [-0.25, -0.2) is 8.42 Å². The number of anilines is 1. The highest BCUT2D eigenvalue weighted by Crippen LogP contribution is 2.33. The number of ether oxygens (including phenoxy) is 2. The Labute approximate surface area is 178 Å². The first kappa shape index (κ1) is 21.6. The molecule has 0 N–H and O–H groups in total. The van der Waals surface area contributed by atoms with Crippen LogP contribution in [0.15, 0.2) is 72.9 Å².